The zero-order chi connectivity index (χ0) is 15.1. The van der Waals surface area contributed by atoms with Crippen LogP contribution in [0.2, 0.25) is 0 Å². The van der Waals surface area contributed by atoms with Gasteiger partial charge in [-0.05, 0) is 43.2 Å². The molecular weight excluding hydrogens is 278 g/mol. The molecule has 2 fully saturated rings. The molecule has 0 saturated heterocycles. The first-order chi connectivity index (χ1) is 10.7. The monoisotopic (exact) mass is 297 g/mol. The van der Waals surface area contributed by atoms with Crippen molar-refractivity contribution >= 4 is 11.7 Å². The van der Waals surface area contributed by atoms with Crippen LogP contribution in [-0.2, 0) is 4.79 Å². The number of fused-ring (bicyclic) bond motifs is 1. The molecule has 2 aliphatic carbocycles. The van der Waals surface area contributed by atoms with Crippen molar-refractivity contribution in [3.05, 3.63) is 30.6 Å². The SMILES string of the molecule is N[C@@H]1C[C@@H]2CC(C(=O)Nc3cc(-c4cccnc4)[nH]n3)C[C@@H]21. The number of anilines is 1. The van der Waals surface area contributed by atoms with E-state index >= 15 is 0 Å². The lowest BCUT2D eigenvalue weighted by molar-refractivity contribution is -0.119. The second kappa shape index (κ2) is 5.21. The van der Waals surface area contributed by atoms with E-state index in [1.54, 1.807) is 12.4 Å². The molecule has 1 amide bonds. The van der Waals surface area contributed by atoms with Crippen LogP contribution in [0.1, 0.15) is 19.3 Å². The minimum absolute atomic E-state index is 0.0610. The number of rotatable bonds is 3. The maximum Gasteiger partial charge on any atom is 0.228 e. The molecule has 4 rings (SSSR count). The Kier molecular flexibility index (Phi) is 3.18. The summed E-state index contributed by atoms with van der Waals surface area (Å²) >= 11 is 0. The average Bonchev–Trinajstić information content (AvgIpc) is 3.12. The summed E-state index contributed by atoms with van der Waals surface area (Å²) in [6.07, 6.45) is 6.43. The zero-order valence-corrected chi connectivity index (χ0v) is 12.2. The summed E-state index contributed by atoms with van der Waals surface area (Å²) in [5.41, 5.74) is 7.78. The molecule has 0 bridgehead atoms. The van der Waals surface area contributed by atoms with Crippen molar-refractivity contribution in [1.82, 2.24) is 15.2 Å². The fourth-order valence-corrected chi connectivity index (χ4v) is 3.78. The zero-order valence-electron chi connectivity index (χ0n) is 12.2. The Balaban J connectivity index is 1.42. The van der Waals surface area contributed by atoms with Gasteiger partial charge in [-0.1, -0.05) is 0 Å². The molecule has 0 radical (unpaired) electrons. The van der Waals surface area contributed by atoms with Crippen LogP contribution in [0.5, 0.6) is 0 Å². The van der Waals surface area contributed by atoms with Crippen molar-refractivity contribution in [2.75, 3.05) is 5.32 Å². The molecule has 22 heavy (non-hydrogen) atoms. The van der Waals surface area contributed by atoms with Gasteiger partial charge < -0.3 is 11.1 Å². The summed E-state index contributed by atoms with van der Waals surface area (Å²) in [6.45, 7) is 0. The van der Waals surface area contributed by atoms with Gasteiger partial charge in [-0.25, -0.2) is 0 Å². The van der Waals surface area contributed by atoms with Gasteiger partial charge in [-0.15, -0.1) is 0 Å². The topological polar surface area (TPSA) is 96.7 Å². The van der Waals surface area contributed by atoms with E-state index in [-0.39, 0.29) is 11.8 Å². The lowest BCUT2D eigenvalue weighted by atomic mass is 9.72. The van der Waals surface area contributed by atoms with Gasteiger partial charge in [0.2, 0.25) is 5.91 Å². The number of nitrogens with two attached hydrogens (primary N) is 1. The first kappa shape index (κ1) is 13.5. The molecule has 2 aromatic rings. The third kappa shape index (κ3) is 2.29. The van der Waals surface area contributed by atoms with Gasteiger partial charge in [-0.2, -0.15) is 5.10 Å². The molecular formula is C16H19N5O. The molecule has 4 atom stereocenters. The lowest BCUT2D eigenvalue weighted by Gasteiger charge is -2.37. The van der Waals surface area contributed by atoms with E-state index in [1.807, 2.05) is 18.2 Å². The third-order valence-corrected chi connectivity index (χ3v) is 5.05. The number of pyridine rings is 1. The highest BCUT2D eigenvalue weighted by atomic mass is 16.2. The fourth-order valence-electron chi connectivity index (χ4n) is 3.78. The maximum absolute atomic E-state index is 12.4. The number of carbonyl (C=O) groups excluding carboxylic acids is 1. The Morgan fingerprint density at radius 1 is 1.36 bits per heavy atom. The summed E-state index contributed by atoms with van der Waals surface area (Å²) in [5, 5.41) is 10.0. The normalized spacial score (nSPS) is 29.7. The van der Waals surface area contributed by atoms with Gasteiger partial charge in [0.25, 0.3) is 0 Å². The quantitative estimate of drug-likeness (QED) is 0.804. The summed E-state index contributed by atoms with van der Waals surface area (Å²) in [7, 11) is 0. The number of hydrogen-bond acceptors (Lipinski definition) is 4. The first-order valence-corrected chi connectivity index (χ1v) is 7.73. The molecule has 6 nitrogen and oxygen atoms in total. The van der Waals surface area contributed by atoms with Crippen LogP contribution in [0.25, 0.3) is 11.3 Å². The smallest absolute Gasteiger partial charge is 0.228 e. The van der Waals surface area contributed by atoms with Crippen LogP contribution < -0.4 is 11.1 Å². The van der Waals surface area contributed by atoms with Crippen molar-refractivity contribution in [3.8, 4) is 11.3 Å². The van der Waals surface area contributed by atoms with E-state index in [0.717, 1.165) is 30.5 Å². The molecule has 2 saturated carbocycles. The standard InChI is InChI=1S/C16H19N5O/c17-13-6-10-4-11(5-12(10)13)16(22)19-15-7-14(20-21-15)9-2-1-3-18-8-9/h1-3,7-8,10-13H,4-6,17H2,(H2,19,20,21,22)/t10-,11?,12-,13+/m0/s1. The second-order valence-electron chi connectivity index (χ2n) is 6.39. The number of amides is 1. The Morgan fingerprint density at radius 3 is 3.00 bits per heavy atom. The molecule has 0 spiro atoms. The van der Waals surface area contributed by atoms with Crippen LogP contribution in [-0.4, -0.2) is 27.1 Å². The number of nitrogens with one attached hydrogen (secondary N) is 2. The molecule has 2 aliphatic rings. The Bertz CT molecular complexity index is 683. The van der Waals surface area contributed by atoms with Crippen LogP contribution >= 0.6 is 0 Å². The average molecular weight is 297 g/mol. The lowest BCUT2D eigenvalue weighted by Crippen LogP contribution is -2.44. The fraction of sp³-hybridized carbons (Fsp3) is 0.438. The van der Waals surface area contributed by atoms with Gasteiger partial charge in [0.1, 0.15) is 0 Å². The van der Waals surface area contributed by atoms with Crippen LogP contribution in [0, 0.1) is 17.8 Å². The predicted molar refractivity (Wildman–Crippen MR) is 82.7 cm³/mol. The van der Waals surface area contributed by atoms with E-state index in [0.29, 0.717) is 23.7 Å². The molecule has 6 heteroatoms. The van der Waals surface area contributed by atoms with Gasteiger partial charge >= 0.3 is 0 Å². The van der Waals surface area contributed by atoms with Crippen LogP contribution in [0.3, 0.4) is 0 Å². The van der Waals surface area contributed by atoms with E-state index in [2.05, 4.69) is 20.5 Å². The predicted octanol–water partition coefficient (Wildman–Crippen LogP) is 1.78. The molecule has 2 heterocycles. The van der Waals surface area contributed by atoms with Gasteiger partial charge in [0.15, 0.2) is 5.82 Å². The number of nitrogens with zero attached hydrogens (tertiary/aromatic N) is 2. The molecule has 0 aliphatic heterocycles. The van der Waals surface area contributed by atoms with Crippen molar-refractivity contribution in [2.45, 2.75) is 25.3 Å². The van der Waals surface area contributed by atoms with Crippen LogP contribution in [0.15, 0.2) is 30.6 Å². The van der Waals surface area contributed by atoms with E-state index in [9.17, 15) is 4.79 Å². The van der Waals surface area contributed by atoms with Crippen molar-refractivity contribution in [1.29, 1.82) is 0 Å². The molecule has 1 unspecified atom stereocenters. The summed E-state index contributed by atoms with van der Waals surface area (Å²) < 4.78 is 0. The molecule has 4 N–H and O–H groups in total. The van der Waals surface area contributed by atoms with E-state index < -0.39 is 0 Å². The highest BCUT2D eigenvalue weighted by molar-refractivity contribution is 5.92. The van der Waals surface area contributed by atoms with Gasteiger partial charge in [-0.3, -0.25) is 14.9 Å². The first-order valence-electron chi connectivity index (χ1n) is 7.73. The summed E-state index contributed by atoms with van der Waals surface area (Å²) in [5.74, 6) is 1.89. The molecule has 2 aromatic heterocycles. The molecule has 114 valence electrons. The largest absolute Gasteiger partial charge is 0.327 e. The Hall–Kier alpha value is -2.21. The van der Waals surface area contributed by atoms with E-state index in [1.165, 1.54) is 0 Å². The van der Waals surface area contributed by atoms with Crippen molar-refractivity contribution in [3.63, 3.8) is 0 Å². The number of aromatic amines is 1. The van der Waals surface area contributed by atoms with Crippen molar-refractivity contribution < 1.29 is 4.79 Å². The van der Waals surface area contributed by atoms with Crippen molar-refractivity contribution in [2.24, 2.45) is 23.5 Å². The Morgan fingerprint density at radius 2 is 2.27 bits per heavy atom. The summed E-state index contributed by atoms with van der Waals surface area (Å²) in [6, 6.07) is 5.95. The second-order valence-corrected chi connectivity index (χ2v) is 6.39. The Labute approximate surface area is 128 Å². The van der Waals surface area contributed by atoms with Crippen LogP contribution in [0.4, 0.5) is 5.82 Å². The minimum atomic E-state index is 0.0610. The third-order valence-electron chi connectivity index (χ3n) is 5.05. The van der Waals surface area contributed by atoms with Gasteiger partial charge in [0.05, 0.1) is 5.69 Å². The highest BCUT2D eigenvalue weighted by Gasteiger charge is 2.47. The van der Waals surface area contributed by atoms with Gasteiger partial charge in [0, 0.05) is 36.0 Å². The number of hydrogen-bond donors (Lipinski definition) is 3. The maximum atomic E-state index is 12.4. The number of carbonyl (C=O) groups is 1. The minimum Gasteiger partial charge on any atom is -0.327 e. The molecule has 0 aromatic carbocycles. The van der Waals surface area contributed by atoms with E-state index in [4.69, 9.17) is 5.73 Å². The highest BCUT2D eigenvalue weighted by Crippen LogP contribution is 2.49. The summed E-state index contributed by atoms with van der Waals surface area (Å²) in [4.78, 5) is 16.4. The number of H-pyrrole nitrogens is 1. The number of aromatic nitrogens is 3.